The number of aromatic nitrogens is 1. The highest BCUT2D eigenvalue weighted by molar-refractivity contribution is 5.75. The van der Waals surface area contributed by atoms with Crippen LogP contribution in [0.2, 0.25) is 0 Å². The largest absolute Gasteiger partial charge is 0.397 e. The summed E-state index contributed by atoms with van der Waals surface area (Å²) in [6.45, 7) is 2.02. The van der Waals surface area contributed by atoms with Crippen molar-refractivity contribution in [2.75, 3.05) is 11.5 Å². The highest BCUT2D eigenvalue weighted by atomic mass is 14.7. The van der Waals surface area contributed by atoms with E-state index in [1.54, 1.807) is 6.20 Å². The highest BCUT2D eigenvalue weighted by Gasteiger charge is 2.02. The third kappa shape index (κ3) is 1.76. The summed E-state index contributed by atoms with van der Waals surface area (Å²) in [4.78, 5) is 4.05. The van der Waals surface area contributed by atoms with Crippen LogP contribution in [0.25, 0.3) is 11.1 Å². The van der Waals surface area contributed by atoms with Crippen molar-refractivity contribution in [1.29, 1.82) is 0 Å². The molecule has 0 bridgehead atoms. The van der Waals surface area contributed by atoms with Crippen LogP contribution in [0.1, 0.15) is 5.56 Å². The summed E-state index contributed by atoms with van der Waals surface area (Å²) >= 11 is 0. The van der Waals surface area contributed by atoms with Gasteiger partial charge in [-0.15, -0.1) is 0 Å². The molecule has 0 unspecified atom stereocenters. The zero-order valence-corrected chi connectivity index (χ0v) is 8.57. The van der Waals surface area contributed by atoms with Crippen LogP contribution in [0.15, 0.2) is 36.7 Å². The summed E-state index contributed by atoms with van der Waals surface area (Å²) < 4.78 is 0. The molecule has 76 valence electrons. The van der Waals surface area contributed by atoms with Gasteiger partial charge >= 0.3 is 0 Å². The number of benzene rings is 1. The Morgan fingerprint density at radius 1 is 1.07 bits per heavy atom. The van der Waals surface area contributed by atoms with Crippen LogP contribution in [-0.2, 0) is 0 Å². The van der Waals surface area contributed by atoms with Gasteiger partial charge < -0.3 is 11.5 Å². The van der Waals surface area contributed by atoms with Gasteiger partial charge in [-0.3, -0.25) is 4.98 Å². The number of nitrogens with zero attached hydrogens (tertiary/aromatic N) is 1. The molecule has 1 aromatic carbocycles. The summed E-state index contributed by atoms with van der Waals surface area (Å²) in [6, 6.07) is 7.65. The van der Waals surface area contributed by atoms with E-state index in [4.69, 9.17) is 11.5 Å². The molecule has 3 heteroatoms. The minimum absolute atomic E-state index is 0.615. The summed E-state index contributed by atoms with van der Waals surface area (Å²) in [6.07, 6.45) is 3.61. The Kier molecular flexibility index (Phi) is 2.29. The fraction of sp³-hybridized carbons (Fsp3) is 0.0833. The van der Waals surface area contributed by atoms with Gasteiger partial charge in [0.25, 0.3) is 0 Å². The molecule has 0 saturated carbocycles. The molecule has 15 heavy (non-hydrogen) atoms. The highest BCUT2D eigenvalue weighted by Crippen LogP contribution is 2.26. The standard InChI is InChI=1S/C12H13N3/c1-8-7-15-5-4-10(8)9-2-3-11(13)12(14)6-9/h2-7H,13-14H2,1H3. The van der Waals surface area contributed by atoms with Crippen molar-refractivity contribution in [3.05, 3.63) is 42.2 Å². The molecular weight excluding hydrogens is 186 g/mol. The molecule has 0 amide bonds. The summed E-state index contributed by atoms with van der Waals surface area (Å²) in [5, 5.41) is 0. The second-order valence-electron chi connectivity index (χ2n) is 3.53. The van der Waals surface area contributed by atoms with Crippen molar-refractivity contribution in [1.82, 2.24) is 4.98 Å². The van der Waals surface area contributed by atoms with E-state index in [2.05, 4.69) is 4.98 Å². The van der Waals surface area contributed by atoms with Gasteiger partial charge in [0.05, 0.1) is 11.4 Å². The van der Waals surface area contributed by atoms with E-state index < -0.39 is 0 Å². The smallest absolute Gasteiger partial charge is 0.0554 e. The van der Waals surface area contributed by atoms with E-state index in [-0.39, 0.29) is 0 Å². The van der Waals surface area contributed by atoms with Crippen molar-refractivity contribution >= 4 is 11.4 Å². The van der Waals surface area contributed by atoms with Crippen LogP contribution in [-0.4, -0.2) is 4.98 Å². The summed E-state index contributed by atoms with van der Waals surface area (Å²) in [5.74, 6) is 0. The third-order valence-corrected chi connectivity index (χ3v) is 2.42. The Morgan fingerprint density at radius 3 is 2.53 bits per heavy atom. The van der Waals surface area contributed by atoms with Crippen LogP contribution in [0.5, 0.6) is 0 Å². The van der Waals surface area contributed by atoms with Crippen LogP contribution in [0.4, 0.5) is 11.4 Å². The molecule has 0 atom stereocenters. The Morgan fingerprint density at radius 2 is 1.87 bits per heavy atom. The normalized spacial score (nSPS) is 10.2. The molecule has 4 N–H and O–H groups in total. The first-order valence-corrected chi connectivity index (χ1v) is 4.74. The molecule has 2 aromatic rings. The van der Waals surface area contributed by atoms with E-state index >= 15 is 0 Å². The minimum atomic E-state index is 0.615. The third-order valence-electron chi connectivity index (χ3n) is 2.42. The van der Waals surface area contributed by atoms with Gasteiger partial charge in [0, 0.05) is 12.4 Å². The SMILES string of the molecule is Cc1cnccc1-c1ccc(N)c(N)c1. The molecule has 3 nitrogen and oxygen atoms in total. The molecule has 0 aliphatic heterocycles. The number of nitrogen functional groups attached to an aromatic ring is 2. The van der Waals surface area contributed by atoms with Gasteiger partial charge in [0.2, 0.25) is 0 Å². The molecule has 1 aromatic heterocycles. The van der Waals surface area contributed by atoms with E-state index in [1.807, 2.05) is 37.4 Å². The number of hydrogen-bond acceptors (Lipinski definition) is 3. The van der Waals surface area contributed by atoms with Crippen molar-refractivity contribution in [2.45, 2.75) is 6.92 Å². The topological polar surface area (TPSA) is 64.9 Å². The number of nitrogens with two attached hydrogens (primary N) is 2. The maximum absolute atomic E-state index is 5.77. The summed E-state index contributed by atoms with van der Waals surface area (Å²) in [5.41, 5.74) is 16.0. The molecule has 0 aliphatic rings. The number of pyridine rings is 1. The fourth-order valence-electron chi connectivity index (χ4n) is 1.54. The lowest BCUT2D eigenvalue weighted by Gasteiger charge is -2.07. The molecule has 0 radical (unpaired) electrons. The number of rotatable bonds is 1. The second kappa shape index (κ2) is 3.61. The second-order valence-corrected chi connectivity index (χ2v) is 3.53. The van der Waals surface area contributed by atoms with E-state index in [0.717, 1.165) is 16.7 Å². The number of hydrogen-bond donors (Lipinski definition) is 2. The van der Waals surface area contributed by atoms with Crippen molar-refractivity contribution in [3.63, 3.8) is 0 Å². The maximum Gasteiger partial charge on any atom is 0.0554 e. The maximum atomic E-state index is 5.77. The van der Waals surface area contributed by atoms with Gasteiger partial charge in [0.15, 0.2) is 0 Å². The lowest BCUT2D eigenvalue weighted by molar-refractivity contribution is 1.27. The van der Waals surface area contributed by atoms with E-state index in [9.17, 15) is 0 Å². The Hall–Kier alpha value is -2.03. The first kappa shape index (κ1) is 9.52. The quantitative estimate of drug-likeness (QED) is 0.692. The van der Waals surface area contributed by atoms with Gasteiger partial charge in [-0.2, -0.15) is 0 Å². The first-order valence-electron chi connectivity index (χ1n) is 4.74. The van der Waals surface area contributed by atoms with Crippen molar-refractivity contribution < 1.29 is 0 Å². The molecule has 2 rings (SSSR count). The molecule has 1 heterocycles. The van der Waals surface area contributed by atoms with Gasteiger partial charge in [0.1, 0.15) is 0 Å². The average Bonchev–Trinajstić information content (AvgIpc) is 2.23. The monoisotopic (exact) mass is 199 g/mol. The average molecular weight is 199 g/mol. The Balaban J connectivity index is 2.55. The van der Waals surface area contributed by atoms with Crippen molar-refractivity contribution in [2.24, 2.45) is 0 Å². The summed E-state index contributed by atoms with van der Waals surface area (Å²) in [7, 11) is 0. The van der Waals surface area contributed by atoms with Crippen LogP contribution in [0.3, 0.4) is 0 Å². The number of aryl methyl sites for hydroxylation is 1. The minimum Gasteiger partial charge on any atom is -0.397 e. The molecule has 0 spiro atoms. The lowest BCUT2D eigenvalue weighted by atomic mass is 10.0. The Labute approximate surface area is 88.8 Å². The van der Waals surface area contributed by atoms with Crippen LogP contribution in [0, 0.1) is 6.92 Å². The predicted molar refractivity (Wildman–Crippen MR) is 63.2 cm³/mol. The lowest BCUT2D eigenvalue weighted by Crippen LogP contribution is -1.94. The van der Waals surface area contributed by atoms with Crippen LogP contribution < -0.4 is 11.5 Å². The predicted octanol–water partition coefficient (Wildman–Crippen LogP) is 2.22. The van der Waals surface area contributed by atoms with E-state index in [1.165, 1.54) is 0 Å². The number of anilines is 2. The van der Waals surface area contributed by atoms with Gasteiger partial charge in [-0.05, 0) is 41.8 Å². The molecular formula is C12H13N3. The fourth-order valence-corrected chi connectivity index (χ4v) is 1.54. The Bertz CT molecular complexity index is 492. The van der Waals surface area contributed by atoms with E-state index in [0.29, 0.717) is 11.4 Å². The zero-order valence-electron chi connectivity index (χ0n) is 8.57. The molecule has 0 aliphatic carbocycles. The first-order chi connectivity index (χ1) is 7.18. The van der Waals surface area contributed by atoms with Crippen molar-refractivity contribution in [3.8, 4) is 11.1 Å². The van der Waals surface area contributed by atoms with Gasteiger partial charge in [-0.1, -0.05) is 6.07 Å². The molecule has 0 fully saturated rings. The zero-order chi connectivity index (χ0) is 10.8. The van der Waals surface area contributed by atoms with Crippen LogP contribution >= 0.6 is 0 Å². The van der Waals surface area contributed by atoms with Gasteiger partial charge in [-0.25, -0.2) is 0 Å². The molecule has 0 saturated heterocycles.